The largest absolute Gasteiger partial charge is 0.399 e. The van der Waals surface area contributed by atoms with Gasteiger partial charge in [-0.3, -0.25) is 0 Å². The third-order valence-corrected chi connectivity index (χ3v) is 2.51. The van der Waals surface area contributed by atoms with Gasteiger partial charge in [0.25, 0.3) is 0 Å². The van der Waals surface area contributed by atoms with Crippen molar-refractivity contribution in [1.29, 1.82) is 0 Å². The van der Waals surface area contributed by atoms with Crippen LogP contribution in [0, 0.1) is 0 Å². The van der Waals surface area contributed by atoms with E-state index in [1.165, 1.54) is 0 Å². The first-order chi connectivity index (χ1) is 7.20. The van der Waals surface area contributed by atoms with E-state index >= 15 is 0 Å². The summed E-state index contributed by atoms with van der Waals surface area (Å²) in [6.07, 6.45) is 2.06. The van der Waals surface area contributed by atoms with Gasteiger partial charge in [0.05, 0.1) is 0 Å². The van der Waals surface area contributed by atoms with E-state index in [1.54, 1.807) is 0 Å². The minimum absolute atomic E-state index is 0.779. The predicted molar refractivity (Wildman–Crippen MR) is 64.4 cm³/mol. The zero-order chi connectivity index (χ0) is 10.8. The Morgan fingerprint density at radius 1 is 1.07 bits per heavy atom. The number of aromatic nitrogens is 1. The molecule has 15 heavy (non-hydrogen) atoms. The quantitative estimate of drug-likeness (QED) is 0.733. The lowest BCUT2D eigenvalue weighted by molar-refractivity contribution is 0.780. The Kier molecular flexibility index (Phi) is 2.37. The molecule has 0 atom stereocenters. The van der Waals surface area contributed by atoms with Crippen LogP contribution in [0.3, 0.4) is 0 Å². The highest BCUT2D eigenvalue weighted by Gasteiger charge is 2.03. The van der Waals surface area contributed by atoms with Crippen LogP contribution in [0.2, 0.25) is 0 Å². The second kappa shape index (κ2) is 3.69. The molecule has 1 aromatic heterocycles. The topological polar surface area (TPSA) is 57.0 Å². The number of hydrogen-bond acceptors (Lipinski definition) is 2. The Hall–Kier alpha value is -1.90. The standard InChI is InChI=1S/C12H15N3/c1-2-15-8-10(7-12(15)14)9-3-5-11(13)6-4-9/h3-8H,2,13-14H2,1H3. The van der Waals surface area contributed by atoms with E-state index in [4.69, 9.17) is 11.5 Å². The molecule has 2 aromatic rings. The van der Waals surface area contributed by atoms with Crippen molar-refractivity contribution < 1.29 is 0 Å². The van der Waals surface area contributed by atoms with Gasteiger partial charge in [-0.1, -0.05) is 12.1 Å². The summed E-state index contributed by atoms with van der Waals surface area (Å²) in [6.45, 7) is 2.96. The number of nitrogens with two attached hydrogens (primary N) is 2. The molecule has 0 bridgehead atoms. The summed E-state index contributed by atoms with van der Waals surface area (Å²) < 4.78 is 2.02. The Morgan fingerprint density at radius 2 is 1.73 bits per heavy atom. The summed E-state index contributed by atoms with van der Waals surface area (Å²) in [4.78, 5) is 0. The van der Waals surface area contributed by atoms with Gasteiger partial charge in [-0.05, 0) is 30.7 Å². The SMILES string of the molecule is CCn1cc(-c2ccc(N)cc2)cc1N. The molecule has 4 N–H and O–H groups in total. The summed E-state index contributed by atoms with van der Waals surface area (Å²) in [7, 11) is 0. The van der Waals surface area contributed by atoms with E-state index < -0.39 is 0 Å². The minimum atomic E-state index is 0.779. The molecule has 3 heteroatoms. The van der Waals surface area contributed by atoms with Gasteiger partial charge in [-0.15, -0.1) is 0 Å². The molecule has 78 valence electrons. The van der Waals surface area contributed by atoms with Crippen molar-refractivity contribution in [1.82, 2.24) is 4.57 Å². The van der Waals surface area contributed by atoms with Gasteiger partial charge in [0, 0.05) is 24.0 Å². The third-order valence-electron chi connectivity index (χ3n) is 2.51. The summed E-state index contributed by atoms with van der Waals surface area (Å²) in [5.41, 5.74) is 14.5. The molecular formula is C12H15N3. The van der Waals surface area contributed by atoms with E-state index in [1.807, 2.05) is 34.9 Å². The van der Waals surface area contributed by atoms with Gasteiger partial charge < -0.3 is 16.0 Å². The maximum atomic E-state index is 5.86. The van der Waals surface area contributed by atoms with E-state index in [9.17, 15) is 0 Å². The highest BCUT2D eigenvalue weighted by Crippen LogP contribution is 2.24. The number of nitrogens with zero attached hydrogens (tertiary/aromatic N) is 1. The van der Waals surface area contributed by atoms with Crippen molar-refractivity contribution >= 4 is 11.5 Å². The first-order valence-electron chi connectivity index (χ1n) is 5.02. The second-order valence-electron chi connectivity index (χ2n) is 3.56. The molecule has 0 unspecified atom stereocenters. The monoisotopic (exact) mass is 201 g/mol. The molecule has 0 saturated carbocycles. The maximum absolute atomic E-state index is 5.86. The van der Waals surface area contributed by atoms with Crippen LogP contribution >= 0.6 is 0 Å². The summed E-state index contributed by atoms with van der Waals surface area (Å²) in [5, 5.41) is 0. The Balaban J connectivity index is 2.41. The fourth-order valence-corrected chi connectivity index (χ4v) is 1.63. The van der Waals surface area contributed by atoms with Crippen molar-refractivity contribution in [3.8, 4) is 11.1 Å². The van der Waals surface area contributed by atoms with Gasteiger partial charge in [0.1, 0.15) is 5.82 Å². The summed E-state index contributed by atoms with van der Waals surface area (Å²) in [6, 6.07) is 9.78. The van der Waals surface area contributed by atoms with Crippen LogP contribution in [0.5, 0.6) is 0 Å². The Labute approximate surface area is 89.3 Å². The first-order valence-corrected chi connectivity index (χ1v) is 5.02. The number of rotatable bonds is 2. The number of aryl methyl sites for hydroxylation is 1. The Morgan fingerprint density at radius 3 is 2.27 bits per heavy atom. The van der Waals surface area contributed by atoms with E-state index in [2.05, 4.69) is 13.1 Å². The fraction of sp³-hybridized carbons (Fsp3) is 0.167. The minimum Gasteiger partial charge on any atom is -0.399 e. The molecule has 3 nitrogen and oxygen atoms in total. The lowest BCUT2D eigenvalue weighted by Crippen LogP contribution is -1.97. The van der Waals surface area contributed by atoms with E-state index in [-0.39, 0.29) is 0 Å². The molecule has 0 spiro atoms. The molecule has 0 aliphatic heterocycles. The van der Waals surface area contributed by atoms with Crippen LogP contribution in [0.1, 0.15) is 6.92 Å². The van der Waals surface area contributed by atoms with Gasteiger partial charge in [0.15, 0.2) is 0 Å². The molecule has 0 fully saturated rings. The van der Waals surface area contributed by atoms with Gasteiger partial charge in [0.2, 0.25) is 0 Å². The van der Waals surface area contributed by atoms with Crippen LogP contribution in [0.25, 0.3) is 11.1 Å². The Bertz CT molecular complexity index is 454. The highest BCUT2D eigenvalue weighted by atomic mass is 15.0. The molecule has 0 amide bonds. The lowest BCUT2D eigenvalue weighted by atomic mass is 10.1. The zero-order valence-electron chi connectivity index (χ0n) is 8.77. The van der Waals surface area contributed by atoms with Crippen molar-refractivity contribution in [2.75, 3.05) is 11.5 Å². The smallest absolute Gasteiger partial charge is 0.103 e. The summed E-state index contributed by atoms with van der Waals surface area (Å²) >= 11 is 0. The van der Waals surface area contributed by atoms with Crippen LogP contribution in [0.4, 0.5) is 11.5 Å². The highest BCUT2D eigenvalue weighted by molar-refractivity contribution is 5.68. The number of nitrogen functional groups attached to an aromatic ring is 2. The van der Waals surface area contributed by atoms with Crippen molar-refractivity contribution in [2.45, 2.75) is 13.5 Å². The number of anilines is 2. The van der Waals surface area contributed by atoms with Crippen LogP contribution in [-0.4, -0.2) is 4.57 Å². The molecule has 0 radical (unpaired) electrons. The normalized spacial score (nSPS) is 10.5. The van der Waals surface area contributed by atoms with Crippen molar-refractivity contribution in [3.05, 3.63) is 36.5 Å². The molecular weight excluding hydrogens is 186 g/mol. The van der Waals surface area contributed by atoms with Crippen molar-refractivity contribution in [3.63, 3.8) is 0 Å². The maximum Gasteiger partial charge on any atom is 0.103 e. The van der Waals surface area contributed by atoms with Crippen LogP contribution in [0.15, 0.2) is 36.5 Å². The van der Waals surface area contributed by atoms with Gasteiger partial charge >= 0.3 is 0 Å². The van der Waals surface area contributed by atoms with Crippen LogP contribution in [-0.2, 0) is 6.54 Å². The van der Waals surface area contributed by atoms with Gasteiger partial charge in [-0.25, -0.2) is 0 Å². The van der Waals surface area contributed by atoms with Gasteiger partial charge in [-0.2, -0.15) is 0 Å². The second-order valence-corrected chi connectivity index (χ2v) is 3.56. The van der Waals surface area contributed by atoms with E-state index in [0.717, 1.165) is 29.2 Å². The molecule has 0 aliphatic rings. The molecule has 0 saturated heterocycles. The predicted octanol–water partition coefficient (Wildman–Crippen LogP) is 2.34. The molecule has 0 aliphatic carbocycles. The third kappa shape index (κ3) is 1.81. The average Bonchev–Trinajstić information content (AvgIpc) is 2.61. The average molecular weight is 201 g/mol. The van der Waals surface area contributed by atoms with Crippen molar-refractivity contribution in [2.24, 2.45) is 0 Å². The molecule has 2 rings (SSSR count). The molecule has 1 heterocycles. The lowest BCUT2D eigenvalue weighted by Gasteiger charge is -1.99. The van der Waals surface area contributed by atoms with Crippen LogP contribution < -0.4 is 11.5 Å². The fourth-order valence-electron chi connectivity index (χ4n) is 1.63. The number of benzene rings is 1. The first kappa shape index (κ1) is 9.65. The molecule has 1 aromatic carbocycles. The summed E-state index contributed by atoms with van der Waals surface area (Å²) in [5.74, 6) is 0.796. The zero-order valence-corrected chi connectivity index (χ0v) is 8.77. The van der Waals surface area contributed by atoms with E-state index in [0.29, 0.717) is 0 Å². The number of hydrogen-bond donors (Lipinski definition) is 2.